The van der Waals surface area contributed by atoms with Gasteiger partial charge in [-0.05, 0) is 30.7 Å². The van der Waals surface area contributed by atoms with Crippen LogP contribution in [0.4, 0.5) is 13.2 Å². The van der Waals surface area contributed by atoms with Gasteiger partial charge in [0, 0.05) is 4.47 Å². The summed E-state index contributed by atoms with van der Waals surface area (Å²) in [5.74, 6) is 0. The van der Waals surface area contributed by atoms with Crippen LogP contribution in [0.3, 0.4) is 0 Å². The van der Waals surface area contributed by atoms with Crippen LogP contribution in [0.1, 0.15) is 24.2 Å². The van der Waals surface area contributed by atoms with Gasteiger partial charge in [-0.3, -0.25) is 0 Å². The zero-order valence-electron chi connectivity index (χ0n) is 9.22. The predicted molar refractivity (Wildman–Crippen MR) is 63.7 cm³/mol. The van der Waals surface area contributed by atoms with Crippen LogP contribution >= 0.6 is 15.9 Å². The van der Waals surface area contributed by atoms with Gasteiger partial charge in [-0.15, -0.1) is 6.58 Å². The van der Waals surface area contributed by atoms with Crippen LogP contribution in [0.15, 0.2) is 35.3 Å². The van der Waals surface area contributed by atoms with Gasteiger partial charge in [0.05, 0.1) is 18.3 Å². The first-order chi connectivity index (χ1) is 7.86. The monoisotopic (exact) mass is 308 g/mol. The average Bonchev–Trinajstić information content (AvgIpc) is 2.24. The number of benzene rings is 1. The summed E-state index contributed by atoms with van der Waals surface area (Å²) in [6, 6.07) is 3.51. The summed E-state index contributed by atoms with van der Waals surface area (Å²) >= 11 is 3.22. The first-order valence-corrected chi connectivity index (χ1v) is 5.74. The standard InChI is InChI=1S/C12H12BrF3O/c1-3-6-17-8(2)10-7-9(12(14,15)16)4-5-11(10)13/h3-5,7-8H,1,6H2,2H3. The Morgan fingerprint density at radius 3 is 2.65 bits per heavy atom. The van der Waals surface area contributed by atoms with Crippen LogP contribution in [0, 0.1) is 0 Å². The van der Waals surface area contributed by atoms with E-state index in [0.717, 1.165) is 12.1 Å². The van der Waals surface area contributed by atoms with Gasteiger partial charge >= 0.3 is 6.18 Å². The van der Waals surface area contributed by atoms with E-state index in [-0.39, 0.29) is 0 Å². The third-order valence-corrected chi connectivity index (χ3v) is 2.95. The minimum Gasteiger partial charge on any atom is -0.370 e. The largest absolute Gasteiger partial charge is 0.416 e. The van der Waals surface area contributed by atoms with Crippen molar-refractivity contribution in [1.82, 2.24) is 0 Å². The second-order valence-corrected chi connectivity index (χ2v) is 4.35. The van der Waals surface area contributed by atoms with Crippen molar-refractivity contribution in [3.05, 3.63) is 46.5 Å². The molecule has 0 fully saturated rings. The molecule has 0 N–H and O–H groups in total. The lowest BCUT2D eigenvalue weighted by molar-refractivity contribution is -0.137. The third kappa shape index (κ3) is 3.85. The van der Waals surface area contributed by atoms with E-state index in [1.807, 2.05) is 0 Å². The molecule has 0 aliphatic heterocycles. The molecule has 1 atom stereocenters. The van der Waals surface area contributed by atoms with Crippen molar-refractivity contribution >= 4 is 15.9 Å². The van der Waals surface area contributed by atoms with Crippen molar-refractivity contribution < 1.29 is 17.9 Å². The molecule has 0 bridgehead atoms. The molecule has 0 heterocycles. The topological polar surface area (TPSA) is 9.23 Å². The van der Waals surface area contributed by atoms with Crippen molar-refractivity contribution in [2.24, 2.45) is 0 Å². The molecule has 0 amide bonds. The highest BCUT2D eigenvalue weighted by Gasteiger charge is 2.31. The van der Waals surface area contributed by atoms with Gasteiger partial charge in [-0.25, -0.2) is 0 Å². The highest BCUT2D eigenvalue weighted by Crippen LogP contribution is 2.34. The van der Waals surface area contributed by atoms with Crippen molar-refractivity contribution in [3.8, 4) is 0 Å². The van der Waals surface area contributed by atoms with E-state index in [0.29, 0.717) is 16.6 Å². The zero-order chi connectivity index (χ0) is 13.1. The Bertz CT molecular complexity index is 401. The number of ether oxygens (including phenoxy) is 1. The average molecular weight is 309 g/mol. The molecule has 0 aromatic heterocycles. The fourth-order valence-corrected chi connectivity index (χ4v) is 1.90. The summed E-state index contributed by atoms with van der Waals surface area (Å²) in [4.78, 5) is 0. The molecule has 0 aliphatic carbocycles. The van der Waals surface area contributed by atoms with Crippen LogP contribution < -0.4 is 0 Å². The molecule has 1 nitrogen and oxygen atoms in total. The molecular formula is C12H12BrF3O. The summed E-state index contributed by atoms with van der Waals surface area (Å²) in [6.45, 7) is 5.48. The van der Waals surface area contributed by atoms with E-state index >= 15 is 0 Å². The fourth-order valence-electron chi connectivity index (χ4n) is 1.33. The van der Waals surface area contributed by atoms with Crippen LogP contribution in [-0.4, -0.2) is 6.61 Å². The second kappa shape index (κ2) is 5.69. The molecule has 0 radical (unpaired) electrons. The molecule has 0 saturated heterocycles. The van der Waals surface area contributed by atoms with Crippen molar-refractivity contribution in [3.63, 3.8) is 0 Å². The Hall–Kier alpha value is -0.810. The number of hydrogen-bond donors (Lipinski definition) is 0. The Balaban J connectivity index is 3.02. The van der Waals surface area contributed by atoms with Gasteiger partial charge in [0.2, 0.25) is 0 Å². The number of halogens is 4. The maximum atomic E-state index is 12.5. The lowest BCUT2D eigenvalue weighted by Gasteiger charge is -2.16. The SMILES string of the molecule is C=CCOC(C)c1cc(C(F)(F)F)ccc1Br. The quantitative estimate of drug-likeness (QED) is 0.731. The first kappa shape index (κ1) is 14.3. The van der Waals surface area contributed by atoms with Crippen molar-refractivity contribution in [2.45, 2.75) is 19.2 Å². The van der Waals surface area contributed by atoms with E-state index in [1.54, 1.807) is 13.0 Å². The van der Waals surface area contributed by atoms with Gasteiger partial charge in [0.15, 0.2) is 0 Å². The summed E-state index contributed by atoms with van der Waals surface area (Å²) < 4.78 is 43.5. The minimum atomic E-state index is -4.34. The first-order valence-electron chi connectivity index (χ1n) is 4.95. The molecule has 0 aliphatic rings. The van der Waals surface area contributed by atoms with Crippen LogP contribution in [0.25, 0.3) is 0 Å². The van der Waals surface area contributed by atoms with E-state index in [9.17, 15) is 13.2 Å². The van der Waals surface area contributed by atoms with Gasteiger partial charge in [-0.1, -0.05) is 22.0 Å². The Kier molecular flexibility index (Phi) is 4.77. The van der Waals surface area contributed by atoms with Crippen molar-refractivity contribution in [1.29, 1.82) is 0 Å². The Morgan fingerprint density at radius 1 is 1.47 bits per heavy atom. The van der Waals surface area contributed by atoms with Crippen molar-refractivity contribution in [2.75, 3.05) is 6.61 Å². The number of alkyl halides is 3. The maximum absolute atomic E-state index is 12.5. The van der Waals surface area contributed by atoms with Crippen LogP contribution in [0.2, 0.25) is 0 Å². The van der Waals surface area contributed by atoms with Crippen LogP contribution in [-0.2, 0) is 10.9 Å². The zero-order valence-corrected chi connectivity index (χ0v) is 10.8. The second-order valence-electron chi connectivity index (χ2n) is 3.50. The highest BCUT2D eigenvalue weighted by atomic mass is 79.9. The van der Waals surface area contributed by atoms with E-state index in [4.69, 9.17) is 4.74 Å². The molecule has 1 unspecified atom stereocenters. The summed E-state index contributed by atoms with van der Waals surface area (Å²) in [6.07, 6.45) is -3.21. The molecule has 17 heavy (non-hydrogen) atoms. The van der Waals surface area contributed by atoms with Gasteiger partial charge in [0.1, 0.15) is 0 Å². The highest BCUT2D eigenvalue weighted by molar-refractivity contribution is 9.10. The minimum absolute atomic E-state index is 0.295. The molecule has 1 aromatic rings. The molecule has 0 saturated carbocycles. The Labute approximate surface area is 106 Å². The summed E-state index contributed by atoms with van der Waals surface area (Å²) in [7, 11) is 0. The molecule has 5 heteroatoms. The summed E-state index contributed by atoms with van der Waals surface area (Å²) in [5, 5.41) is 0. The summed E-state index contributed by atoms with van der Waals surface area (Å²) in [5.41, 5.74) is -0.202. The molecule has 1 rings (SSSR count). The smallest absolute Gasteiger partial charge is 0.370 e. The predicted octanol–water partition coefficient (Wildman–Crippen LogP) is 4.73. The molecule has 0 spiro atoms. The fraction of sp³-hybridized carbons (Fsp3) is 0.333. The lowest BCUT2D eigenvalue weighted by atomic mass is 10.1. The van der Waals surface area contributed by atoms with E-state index < -0.39 is 17.8 Å². The number of hydrogen-bond acceptors (Lipinski definition) is 1. The Morgan fingerprint density at radius 2 is 2.12 bits per heavy atom. The van der Waals surface area contributed by atoms with Gasteiger partial charge in [0.25, 0.3) is 0 Å². The number of rotatable bonds is 4. The lowest BCUT2D eigenvalue weighted by Crippen LogP contribution is -2.08. The van der Waals surface area contributed by atoms with Gasteiger partial charge < -0.3 is 4.74 Å². The van der Waals surface area contributed by atoms with E-state index in [2.05, 4.69) is 22.5 Å². The molecule has 1 aromatic carbocycles. The normalized spacial score (nSPS) is 13.5. The van der Waals surface area contributed by atoms with E-state index in [1.165, 1.54) is 6.07 Å². The third-order valence-electron chi connectivity index (χ3n) is 2.23. The molecule has 94 valence electrons. The molecular weight excluding hydrogens is 297 g/mol. The van der Waals surface area contributed by atoms with Gasteiger partial charge in [-0.2, -0.15) is 13.2 Å². The maximum Gasteiger partial charge on any atom is 0.416 e. The van der Waals surface area contributed by atoms with Crippen LogP contribution in [0.5, 0.6) is 0 Å².